The van der Waals surface area contributed by atoms with Crippen molar-refractivity contribution in [2.24, 2.45) is 13.0 Å². The highest BCUT2D eigenvalue weighted by molar-refractivity contribution is 5.74. The van der Waals surface area contributed by atoms with Gasteiger partial charge in [-0.15, -0.1) is 0 Å². The Kier molecular flexibility index (Phi) is 5.49. The van der Waals surface area contributed by atoms with Gasteiger partial charge in [0.05, 0.1) is 5.92 Å². The fourth-order valence-electron chi connectivity index (χ4n) is 3.42. The number of hydrogen-bond acceptors (Lipinski definition) is 4. The minimum absolute atomic E-state index is 0.0720. The molecule has 1 aliphatic rings. The number of aliphatic carboxylic acids is 1. The van der Waals surface area contributed by atoms with Gasteiger partial charge in [0, 0.05) is 37.8 Å². The van der Waals surface area contributed by atoms with Crippen molar-refractivity contribution in [1.82, 2.24) is 9.47 Å². The van der Waals surface area contributed by atoms with Crippen molar-refractivity contribution in [2.45, 2.75) is 52.6 Å². The summed E-state index contributed by atoms with van der Waals surface area (Å²) in [6, 6.07) is 1.53. The molecule has 2 atom stereocenters. The van der Waals surface area contributed by atoms with Crippen LogP contribution in [-0.4, -0.2) is 45.3 Å². The van der Waals surface area contributed by atoms with Crippen molar-refractivity contribution in [3.05, 3.63) is 33.2 Å². The van der Waals surface area contributed by atoms with E-state index in [1.54, 1.807) is 32.4 Å². The SMILES string of the molecule is Cc1c([C@H]2CCN(C(=O)OC(C)(C)C)C[C@@H]2C(=O)O)cc(=O)n(C)c1C. The molecule has 0 unspecified atom stereocenters. The summed E-state index contributed by atoms with van der Waals surface area (Å²) in [6.45, 7) is 9.56. The smallest absolute Gasteiger partial charge is 0.410 e. The summed E-state index contributed by atoms with van der Waals surface area (Å²) >= 11 is 0. The lowest BCUT2D eigenvalue weighted by atomic mass is 9.79. The predicted octanol–water partition coefficient (Wildman–Crippen LogP) is 2.43. The van der Waals surface area contributed by atoms with E-state index in [2.05, 4.69) is 0 Å². The molecule has 1 amide bonds. The highest BCUT2D eigenvalue weighted by Crippen LogP contribution is 2.35. The second-order valence-corrected chi connectivity index (χ2v) is 7.97. The topological polar surface area (TPSA) is 88.8 Å². The first kappa shape index (κ1) is 20.0. The van der Waals surface area contributed by atoms with Gasteiger partial charge < -0.3 is 19.3 Å². The van der Waals surface area contributed by atoms with E-state index in [4.69, 9.17) is 4.74 Å². The monoisotopic (exact) mass is 364 g/mol. The number of piperidine rings is 1. The van der Waals surface area contributed by atoms with Crippen molar-refractivity contribution < 1.29 is 19.4 Å². The van der Waals surface area contributed by atoms with Crippen LogP contribution in [0.15, 0.2) is 10.9 Å². The van der Waals surface area contributed by atoms with E-state index in [-0.39, 0.29) is 18.0 Å². The fourth-order valence-corrected chi connectivity index (χ4v) is 3.42. The molecule has 0 radical (unpaired) electrons. The first-order chi connectivity index (χ1) is 11.9. The molecule has 2 heterocycles. The number of hydrogen-bond donors (Lipinski definition) is 1. The third kappa shape index (κ3) is 4.08. The van der Waals surface area contributed by atoms with Gasteiger partial charge in [-0.3, -0.25) is 9.59 Å². The zero-order chi connectivity index (χ0) is 19.8. The third-order valence-corrected chi connectivity index (χ3v) is 5.07. The molecule has 0 spiro atoms. The number of aromatic nitrogens is 1. The standard InChI is InChI=1S/C19H28N2O5/c1-11-12(2)20(6)16(22)9-14(11)13-7-8-21(10-15(13)17(23)24)18(25)26-19(3,4)5/h9,13,15H,7-8,10H2,1-6H3,(H,23,24)/t13-,15+/m1/s1. The van der Waals surface area contributed by atoms with Gasteiger partial charge in [-0.05, 0) is 52.2 Å². The highest BCUT2D eigenvalue weighted by Gasteiger charge is 2.39. The molecule has 1 aromatic heterocycles. The summed E-state index contributed by atoms with van der Waals surface area (Å²) in [4.78, 5) is 37.8. The Hall–Kier alpha value is -2.31. The maximum atomic E-state index is 12.3. The van der Waals surface area contributed by atoms with Crippen LogP contribution in [0.1, 0.15) is 49.9 Å². The van der Waals surface area contributed by atoms with Crippen molar-refractivity contribution >= 4 is 12.1 Å². The van der Waals surface area contributed by atoms with Gasteiger partial charge in [-0.25, -0.2) is 4.79 Å². The first-order valence-corrected chi connectivity index (χ1v) is 8.80. The molecule has 1 fully saturated rings. The maximum absolute atomic E-state index is 12.3. The van der Waals surface area contributed by atoms with Gasteiger partial charge in [0.1, 0.15) is 5.60 Å². The summed E-state index contributed by atoms with van der Waals surface area (Å²) in [5.41, 5.74) is 1.73. The second-order valence-electron chi connectivity index (χ2n) is 7.97. The molecule has 0 saturated carbocycles. The van der Waals surface area contributed by atoms with Gasteiger partial charge in [-0.1, -0.05) is 0 Å². The molecule has 0 aromatic carbocycles. The average molecular weight is 364 g/mol. The number of carboxylic acids is 1. The zero-order valence-corrected chi connectivity index (χ0v) is 16.3. The Balaban J connectivity index is 2.32. The normalized spacial score (nSPS) is 20.8. The minimum Gasteiger partial charge on any atom is -0.481 e. The Morgan fingerprint density at radius 2 is 1.88 bits per heavy atom. The minimum atomic E-state index is -0.971. The summed E-state index contributed by atoms with van der Waals surface area (Å²) in [6.07, 6.45) is -0.0250. The Morgan fingerprint density at radius 1 is 1.27 bits per heavy atom. The molecular weight excluding hydrogens is 336 g/mol. The van der Waals surface area contributed by atoms with Gasteiger partial charge in [0.25, 0.3) is 5.56 Å². The number of likely N-dealkylation sites (tertiary alicyclic amines) is 1. The van der Waals surface area contributed by atoms with Crippen LogP contribution in [0.5, 0.6) is 0 Å². The molecule has 1 aliphatic heterocycles. The van der Waals surface area contributed by atoms with E-state index in [1.807, 2.05) is 13.8 Å². The number of carbonyl (C=O) groups is 2. The molecule has 26 heavy (non-hydrogen) atoms. The van der Waals surface area contributed by atoms with Crippen LogP contribution >= 0.6 is 0 Å². The van der Waals surface area contributed by atoms with Crippen molar-refractivity contribution in [1.29, 1.82) is 0 Å². The van der Waals surface area contributed by atoms with Crippen LogP contribution in [0.25, 0.3) is 0 Å². The first-order valence-electron chi connectivity index (χ1n) is 8.80. The number of amides is 1. The van der Waals surface area contributed by atoms with Crippen LogP contribution in [0.3, 0.4) is 0 Å². The van der Waals surface area contributed by atoms with Crippen molar-refractivity contribution in [2.75, 3.05) is 13.1 Å². The molecule has 144 valence electrons. The lowest BCUT2D eigenvalue weighted by molar-refractivity contribution is -0.144. The number of pyridine rings is 1. The zero-order valence-electron chi connectivity index (χ0n) is 16.3. The second kappa shape index (κ2) is 7.13. The van der Waals surface area contributed by atoms with Crippen LogP contribution in [0.4, 0.5) is 4.79 Å². The van der Waals surface area contributed by atoms with Crippen LogP contribution in [0, 0.1) is 19.8 Å². The Labute approximate surface area is 153 Å². The van der Waals surface area contributed by atoms with E-state index in [0.29, 0.717) is 13.0 Å². The lowest BCUT2D eigenvalue weighted by Crippen LogP contribution is -2.47. The molecule has 1 N–H and O–H groups in total. The van der Waals surface area contributed by atoms with E-state index in [9.17, 15) is 19.5 Å². The number of nitrogens with zero attached hydrogens (tertiary/aromatic N) is 2. The van der Waals surface area contributed by atoms with Gasteiger partial charge in [0.2, 0.25) is 0 Å². The summed E-state index contributed by atoms with van der Waals surface area (Å²) < 4.78 is 6.92. The van der Waals surface area contributed by atoms with Gasteiger partial charge in [-0.2, -0.15) is 0 Å². The molecule has 2 rings (SSSR count). The summed E-state index contributed by atoms with van der Waals surface area (Å²) in [5, 5.41) is 9.72. The van der Waals surface area contributed by atoms with E-state index < -0.39 is 23.6 Å². The highest BCUT2D eigenvalue weighted by atomic mass is 16.6. The maximum Gasteiger partial charge on any atom is 0.410 e. The third-order valence-electron chi connectivity index (χ3n) is 5.07. The van der Waals surface area contributed by atoms with E-state index in [0.717, 1.165) is 16.8 Å². The van der Waals surface area contributed by atoms with E-state index in [1.165, 1.54) is 11.0 Å². The fraction of sp³-hybridized carbons (Fsp3) is 0.632. The molecular formula is C19H28N2O5. The predicted molar refractivity (Wildman–Crippen MR) is 97.4 cm³/mol. The van der Waals surface area contributed by atoms with Crippen LogP contribution in [0.2, 0.25) is 0 Å². The number of rotatable bonds is 2. The molecule has 0 bridgehead atoms. The average Bonchev–Trinajstić information content (AvgIpc) is 2.54. The lowest BCUT2D eigenvalue weighted by Gasteiger charge is -2.38. The molecule has 7 nitrogen and oxygen atoms in total. The number of carbonyl (C=O) groups excluding carboxylic acids is 1. The van der Waals surface area contributed by atoms with Crippen LogP contribution < -0.4 is 5.56 Å². The Bertz CT molecular complexity index is 775. The molecule has 0 aliphatic carbocycles. The summed E-state index contributed by atoms with van der Waals surface area (Å²) in [5.74, 6) is -2.05. The largest absolute Gasteiger partial charge is 0.481 e. The number of ether oxygens (including phenoxy) is 1. The van der Waals surface area contributed by atoms with Crippen molar-refractivity contribution in [3.8, 4) is 0 Å². The van der Waals surface area contributed by atoms with Gasteiger partial charge >= 0.3 is 12.1 Å². The van der Waals surface area contributed by atoms with Crippen molar-refractivity contribution in [3.63, 3.8) is 0 Å². The molecule has 7 heteroatoms. The van der Waals surface area contributed by atoms with Gasteiger partial charge in [0.15, 0.2) is 0 Å². The molecule has 1 saturated heterocycles. The Morgan fingerprint density at radius 3 is 2.42 bits per heavy atom. The number of carboxylic acid groups (broad SMARTS) is 1. The summed E-state index contributed by atoms with van der Waals surface area (Å²) in [7, 11) is 1.70. The molecule has 1 aromatic rings. The van der Waals surface area contributed by atoms with Crippen LogP contribution in [-0.2, 0) is 16.6 Å². The quantitative estimate of drug-likeness (QED) is 0.871. The van der Waals surface area contributed by atoms with E-state index >= 15 is 0 Å².